The highest BCUT2D eigenvalue weighted by Crippen LogP contribution is 2.45. The van der Waals surface area contributed by atoms with E-state index in [2.05, 4.69) is 37.7 Å². The van der Waals surface area contributed by atoms with Gasteiger partial charge in [-0.25, -0.2) is 9.97 Å². The Kier molecular flexibility index (Phi) is 4.02. The zero-order chi connectivity index (χ0) is 20.0. The van der Waals surface area contributed by atoms with Gasteiger partial charge in [-0.3, -0.25) is 4.79 Å². The van der Waals surface area contributed by atoms with Crippen LogP contribution in [0.25, 0.3) is 11.0 Å². The molecule has 1 saturated carbocycles. The Hall–Kier alpha value is -3.40. The number of nitriles is 1. The fourth-order valence-electron chi connectivity index (χ4n) is 4.48. The highest BCUT2D eigenvalue weighted by Gasteiger charge is 2.53. The third-order valence-corrected chi connectivity index (χ3v) is 6.14. The van der Waals surface area contributed by atoms with Gasteiger partial charge in [0, 0.05) is 25.8 Å². The summed E-state index contributed by atoms with van der Waals surface area (Å²) in [6.45, 7) is 4.30. The van der Waals surface area contributed by atoms with Crippen molar-refractivity contribution in [1.29, 1.82) is 5.26 Å². The van der Waals surface area contributed by atoms with Crippen LogP contribution in [0, 0.1) is 18.3 Å². The average molecular weight is 386 g/mol. The van der Waals surface area contributed by atoms with Crippen LogP contribution in [0.5, 0.6) is 0 Å². The molecule has 2 aromatic heterocycles. The summed E-state index contributed by atoms with van der Waals surface area (Å²) in [5.74, 6) is 1.09. The number of carbonyl (C=O) groups is 1. The third-order valence-electron chi connectivity index (χ3n) is 6.14. The molecule has 1 aromatic carbocycles. The van der Waals surface area contributed by atoms with E-state index in [0.29, 0.717) is 18.5 Å². The lowest BCUT2D eigenvalue weighted by Gasteiger charge is -2.43. The van der Waals surface area contributed by atoms with Crippen molar-refractivity contribution in [2.45, 2.75) is 31.7 Å². The highest BCUT2D eigenvalue weighted by molar-refractivity contribution is 5.91. The van der Waals surface area contributed by atoms with Gasteiger partial charge in [0.05, 0.1) is 29.0 Å². The summed E-state index contributed by atoms with van der Waals surface area (Å²) in [6.07, 6.45) is 5.95. The van der Waals surface area contributed by atoms with Crippen molar-refractivity contribution in [2.75, 3.05) is 24.5 Å². The van der Waals surface area contributed by atoms with Gasteiger partial charge in [-0.1, -0.05) is 12.1 Å². The topological polar surface area (TPSA) is 88.9 Å². The van der Waals surface area contributed by atoms with Gasteiger partial charge in [-0.2, -0.15) is 5.26 Å². The first-order valence-corrected chi connectivity index (χ1v) is 9.93. The molecule has 7 heteroatoms. The highest BCUT2D eigenvalue weighted by atomic mass is 16.2. The van der Waals surface area contributed by atoms with E-state index in [1.807, 2.05) is 18.3 Å². The quantitative estimate of drug-likeness (QED) is 0.747. The lowest BCUT2D eigenvalue weighted by molar-refractivity contribution is -0.134. The third kappa shape index (κ3) is 3.01. The van der Waals surface area contributed by atoms with Gasteiger partial charge in [-0.05, 0) is 43.0 Å². The molecule has 3 aromatic rings. The van der Waals surface area contributed by atoms with E-state index in [4.69, 9.17) is 5.26 Å². The first kappa shape index (κ1) is 17.7. The van der Waals surface area contributed by atoms with Crippen LogP contribution < -0.4 is 4.90 Å². The number of hydrogen-bond acceptors (Lipinski definition) is 5. The molecule has 0 bridgehead atoms. The van der Waals surface area contributed by atoms with Crippen molar-refractivity contribution in [2.24, 2.45) is 0 Å². The summed E-state index contributed by atoms with van der Waals surface area (Å²) in [5.41, 5.74) is 3.39. The van der Waals surface area contributed by atoms with E-state index >= 15 is 0 Å². The zero-order valence-electron chi connectivity index (χ0n) is 16.4. The molecule has 2 fully saturated rings. The van der Waals surface area contributed by atoms with Crippen LogP contribution in [0.1, 0.15) is 29.5 Å². The molecule has 1 amide bonds. The summed E-state index contributed by atoms with van der Waals surface area (Å²) in [5, 5.41) is 10.2. The number of hydrogen-bond donors (Lipinski definition) is 1. The van der Waals surface area contributed by atoms with E-state index in [0.717, 1.165) is 53.9 Å². The Morgan fingerprint density at radius 2 is 2.17 bits per heavy atom. The van der Waals surface area contributed by atoms with Crippen LogP contribution in [0.15, 0.2) is 36.8 Å². The molecule has 3 heterocycles. The number of aryl methyl sites for hydroxylation is 1. The number of aromatic nitrogens is 3. The van der Waals surface area contributed by atoms with Crippen molar-refractivity contribution in [1.82, 2.24) is 19.9 Å². The molecule has 29 heavy (non-hydrogen) atoms. The van der Waals surface area contributed by atoms with Gasteiger partial charge < -0.3 is 14.8 Å². The summed E-state index contributed by atoms with van der Waals surface area (Å²) >= 11 is 0. The number of amides is 1. The van der Waals surface area contributed by atoms with Gasteiger partial charge in [-0.15, -0.1) is 0 Å². The van der Waals surface area contributed by atoms with Crippen LogP contribution in [0.2, 0.25) is 0 Å². The molecule has 1 saturated heterocycles. The largest absolute Gasteiger partial charge is 0.352 e. The van der Waals surface area contributed by atoms with Crippen molar-refractivity contribution in [3.8, 4) is 6.07 Å². The molecule has 1 aliphatic carbocycles. The van der Waals surface area contributed by atoms with E-state index in [9.17, 15) is 4.79 Å². The summed E-state index contributed by atoms with van der Waals surface area (Å²) in [7, 11) is 0. The second-order valence-electron chi connectivity index (χ2n) is 8.07. The number of nitrogens with one attached hydrogen (secondary N) is 1. The van der Waals surface area contributed by atoms with Gasteiger partial charge in [0.15, 0.2) is 0 Å². The number of benzene rings is 1. The van der Waals surface area contributed by atoms with Gasteiger partial charge in [0.25, 0.3) is 0 Å². The van der Waals surface area contributed by atoms with Crippen molar-refractivity contribution in [3.05, 3.63) is 53.5 Å². The minimum atomic E-state index is -0.0936. The number of aromatic amines is 1. The fourth-order valence-corrected chi connectivity index (χ4v) is 4.48. The molecule has 0 unspecified atom stereocenters. The number of carbonyl (C=O) groups excluding carboxylic acids is 1. The number of nitrogens with zero attached hydrogens (tertiary/aromatic N) is 5. The standard InChI is InChI=1S/C22H22N6O/c1-15-12-24-20-19(15)21(26-14-25-20)27-7-8-28(22(13-27)5-6-22)18(29)10-16-3-2-4-17(9-16)11-23/h2-4,9,12,14H,5-8,10,13H2,1H3,(H,24,25,26). The molecule has 2 aliphatic rings. The van der Waals surface area contributed by atoms with Crippen molar-refractivity contribution >= 4 is 22.8 Å². The summed E-state index contributed by atoms with van der Waals surface area (Å²) < 4.78 is 0. The Morgan fingerprint density at radius 1 is 1.31 bits per heavy atom. The number of H-pyrrole nitrogens is 1. The summed E-state index contributed by atoms with van der Waals surface area (Å²) in [4.78, 5) is 29.6. The Bertz CT molecular complexity index is 1140. The maximum absolute atomic E-state index is 13.1. The van der Waals surface area contributed by atoms with E-state index in [-0.39, 0.29) is 11.4 Å². The second kappa shape index (κ2) is 6.59. The predicted molar refractivity (Wildman–Crippen MR) is 109 cm³/mol. The zero-order valence-corrected chi connectivity index (χ0v) is 16.4. The first-order valence-electron chi connectivity index (χ1n) is 9.93. The van der Waals surface area contributed by atoms with Crippen LogP contribution in [0.4, 0.5) is 5.82 Å². The molecule has 0 atom stereocenters. The number of rotatable bonds is 3. The minimum absolute atomic E-state index is 0.0936. The van der Waals surface area contributed by atoms with Gasteiger partial charge in [0.2, 0.25) is 5.91 Å². The monoisotopic (exact) mass is 386 g/mol. The van der Waals surface area contributed by atoms with Crippen LogP contribution >= 0.6 is 0 Å². The van der Waals surface area contributed by atoms with Gasteiger partial charge >= 0.3 is 0 Å². The van der Waals surface area contributed by atoms with Crippen molar-refractivity contribution < 1.29 is 4.79 Å². The normalized spacial score (nSPS) is 17.5. The van der Waals surface area contributed by atoms with Crippen LogP contribution in [-0.2, 0) is 11.2 Å². The molecule has 146 valence electrons. The summed E-state index contributed by atoms with van der Waals surface area (Å²) in [6, 6.07) is 9.47. The SMILES string of the molecule is Cc1c[nH]c2ncnc(N3CCN(C(=O)Cc4cccc(C#N)c4)C4(CC4)C3)c12. The lowest BCUT2D eigenvalue weighted by atomic mass is 10.0. The Morgan fingerprint density at radius 3 is 2.97 bits per heavy atom. The first-order chi connectivity index (χ1) is 14.1. The fraction of sp³-hybridized carbons (Fsp3) is 0.364. The molecular weight excluding hydrogens is 364 g/mol. The second-order valence-corrected chi connectivity index (χ2v) is 8.07. The lowest BCUT2D eigenvalue weighted by Crippen LogP contribution is -2.57. The number of anilines is 1. The molecule has 1 N–H and O–H groups in total. The Balaban J connectivity index is 1.36. The van der Waals surface area contributed by atoms with E-state index in [1.54, 1.807) is 18.5 Å². The van der Waals surface area contributed by atoms with E-state index < -0.39 is 0 Å². The molecule has 7 nitrogen and oxygen atoms in total. The number of piperazine rings is 1. The maximum atomic E-state index is 13.1. The molecular formula is C22H22N6O. The predicted octanol–water partition coefficient (Wildman–Crippen LogP) is 2.56. The smallest absolute Gasteiger partial charge is 0.227 e. The van der Waals surface area contributed by atoms with Crippen molar-refractivity contribution in [3.63, 3.8) is 0 Å². The van der Waals surface area contributed by atoms with Crippen LogP contribution in [0.3, 0.4) is 0 Å². The minimum Gasteiger partial charge on any atom is -0.352 e. The molecule has 5 rings (SSSR count). The van der Waals surface area contributed by atoms with Crippen LogP contribution in [-0.4, -0.2) is 50.9 Å². The maximum Gasteiger partial charge on any atom is 0.227 e. The molecule has 1 aliphatic heterocycles. The molecule has 1 spiro atoms. The average Bonchev–Trinajstić information content (AvgIpc) is 3.39. The Labute approximate surface area is 169 Å². The molecule has 0 radical (unpaired) electrons. The van der Waals surface area contributed by atoms with E-state index in [1.165, 1.54) is 0 Å². The number of fused-ring (bicyclic) bond motifs is 1. The van der Waals surface area contributed by atoms with Gasteiger partial charge in [0.1, 0.15) is 17.8 Å².